The molecule has 2 heterocycles. The van der Waals surface area contributed by atoms with Gasteiger partial charge in [0.15, 0.2) is 5.58 Å². The molecule has 0 spiro atoms. The van der Waals surface area contributed by atoms with Gasteiger partial charge in [-0.05, 0) is 31.2 Å². The first kappa shape index (κ1) is 15.2. The summed E-state index contributed by atoms with van der Waals surface area (Å²) in [5.41, 5.74) is 2.81. The van der Waals surface area contributed by atoms with Crippen LogP contribution in [-0.4, -0.2) is 20.0 Å². The Morgan fingerprint density at radius 1 is 1.08 bits per heavy atom. The van der Waals surface area contributed by atoms with Crippen LogP contribution < -0.4 is 11.1 Å². The number of benzene rings is 2. The number of carbonyl (C=O) groups is 1. The minimum atomic E-state index is -0.555. The molecule has 0 unspecified atom stereocenters. The molecule has 0 aliphatic rings. The van der Waals surface area contributed by atoms with Crippen LogP contribution in [0.5, 0.6) is 0 Å². The highest BCUT2D eigenvalue weighted by atomic mass is 16.4. The highest BCUT2D eigenvalue weighted by Crippen LogP contribution is 2.19. The van der Waals surface area contributed by atoms with Crippen LogP contribution in [0.2, 0.25) is 0 Å². The SMILES string of the molecule is CCn1c(NC(=O)Cn2c(=O)oc3ccccc32)nc2ccccc21. The number of imidazole rings is 1. The third-order valence-corrected chi connectivity index (χ3v) is 4.10. The van der Waals surface area contributed by atoms with Crippen LogP contribution in [0.4, 0.5) is 5.95 Å². The molecule has 0 radical (unpaired) electrons. The summed E-state index contributed by atoms with van der Waals surface area (Å²) in [7, 11) is 0. The van der Waals surface area contributed by atoms with Crippen LogP contribution in [0.3, 0.4) is 0 Å². The van der Waals surface area contributed by atoms with Gasteiger partial charge in [-0.25, -0.2) is 9.78 Å². The standard InChI is InChI=1S/C18H16N4O3/c1-2-21-13-8-4-3-7-12(13)19-17(21)20-16(23)11-22-14-9-5-6-10-15(14)25-18(22)24/h3-10H,2,11H2,1H3,(H,19,20,23). The molecule has 4 aromatic rings. The van der Waals surface area contributed by atoms with Gasteiger partial charge in [0.1, 0.15) is 6.54 Å². The monoisotopic (exact) mass is 336 g/mol. The number of amides is 1. The largest absolute Gasteiger partial charge is 0.420 e. The molecule has 7 nitrogen and oxygen atoms in total. The van der Waals surface area contributed by atoms with E-state index in [9.17, 15) is 9.59 Å². The average molecular weight is 336 g/mol. The molecule has 0 aliphatic carbocycles. The number of carbonyl (C=O) groups excluding carboxylic acids is 1. The van der Waals surface area contributed by atoms with E-state index in [1.807, 2.05) is 35.8 Å². The minimum absolute atomic E-state index is 0.136. The Kier molecular flexibility index (Phi) is 3.61. The van der Waals surface area contributed by atoms with E-state index >= 15 is 0 Å². The molecule has 0 fully saturated rings. The van der Waals surface area contributed by atoms with Crippen molar-refractivity contribution in [2.75, 3.05) is 5.32 Å². The maximum Gasteiger partial charge on any atom is 0.420 e. The van der Waals surface area contributed by atoms with Crippen LogP contribution in [0.1, 0.15) is 6.92 Å². The van der Waals surface area contributed by atoms with Gasteiger partial charge in [-0.3, -0.25) is 14.7 Å². The highest BCUT2D eigenvalue weighted by molar-refractivity contribution is 5.92. The molecule has 25 heavy (non-hydrogen) atoms. The van der Waals surface area contributed by atoms with E-state index in [4.69, 9.17) is 4.42 Å². The molecular weight excluding hydrogens is 320 g/mol. The van der Waals surface area contributed by atoms with Crippen molar-refractivity contribution in [2.24, 2.45) is 0 Å². The zero-order chi connectivity index (χ0) is 17.4. The number of fused-ring (bicyclic) bond motifs is 2. The van der Waals surface area contributed by atoms with E-state index in [-0.39, 0.29) is 12.5 Å². The van der Waals surface area contributed by atoms with Crippen molar-refractivity contribution in [3.63, 3.8) is 0 Å². The first-order chi connectivity index (χ1) is 12.2. The quantitative estimate of drug-likeness (QED) is 0.621. The van der Waals surface area contributed by atoms with Crippen LogP contribution >= 0.6 is 0 Å². The lowest BCUT2D eigenvalue weighted by Gasteiger charge is -2.08. The first-order valence-corrected chi connectivity index (χ1v) is 8.01. The summed E-state index contributed by atoms with van der Waals surface area (Å²) in [5, 5.41) is 2.79. The fourth-order valence-corrected chi connectivity index (χ4v) is 2.96. The summed E-state index contributed by atoms with van der Waals surface area (Å²) in [6, 6.07) is 14.7. The number of anilines is 1. The molecule has 2 aromatic carbocycles. The molecule has 1 N–H and O–H groups in total. The fourth-order valence-electron chi connectivity index (χ4n) is 2.96. The Hall–Kier alpha value is -3.35. The molecule has 0 saturated carbocycles. The Morgan fingerprint density at radius 2 is 1.80 bits per heavy atom. The van der Waals surface area contributed by atoms with Crippen LogP contribution in [0.25, 0.3) is 22.1 Å². The van der Waals surface area contributed by atoms with Gasteiger partial charge in [-0.1, -0.05) is 24.3 Å². The molecule has 1 amide bonds. The average Bonchev–Trinajstić information content (AvgIpc) is 3.12. The van der Waals surface area contributed by atoms with E-state index in [0.29, 0.717) is 23.6 Å². The predicted octanol–water partition coefficient (Wildman–Crippen LogP) is 2.60. The van der Waals surface area contributed by atoms with Gasteiger partial charge >= 0.3 is 5.76 Å². The second-order valence-electron chi connectivity index (χ2n) is 5.64. The second-order valence-corrected chi connectivity index (χ2v) is 5.64. The molecule has 0 aliphatic heterocycles. The molecule has 7 heteroatoms. The van der Waals surface area contributed by atoms with Gasteiger partial charge in [0, 0.05) is 6.54 Å². The molecule has 0 saturated heterocycles. The topological polar surface area (TPSA) is 82.1 Å². The number of rotatable bonds is 4. The Labute approximate surface area is 142 Å². The van der Waals surface area contributed by atoms with Gasteiger partial charge in [-0.2, -0.15) is 0 Å². The highest BCUT2D eigenvalue weighted by Gasteiger charge is 2.15. The van der Waals surface area contributed by atoms with Gasteiger partial charge in [0.25, 0.3) is 0 Å². The molecule has 0 atom stereocenters. The number of hydrogen-bond donors (Lipinski definition) is 1. The fraction of sp³-hybridized carbons (Fsp3) is 0.167. The minimum Gasteiger partial charge on any atom is -0.408 e. The number of hydrogen-bond acceptors (Lipinski definition) is 4. The first-order valence-electron chi connectivity index (χ1n) is 8.01. The lowest BCUT2D eigenvalue weighted by atomic mass is 10.3. The number of oxazole rings is 1. The maximum atomic E-state index is 12.5. The van der Waals surface area contributed by atoms with E-state index in [2.05, 4.69) is 10.3 Å². The molecular formula is C18H16N4O3. The van der Waals surface area contributed by atoms with Gasteiger partial charge in [0.2, 0.25) is 11.9 Å². The van der Waals surface area contributed by atoms with Crippen molar-refractivity contribution < 1.29 is 9.21 Å². The van der Waals surface area contributed by atoms with E-state index in [1.165, 1.54) is 4.57 Å². The van der Waals surface area contributed by atoms with Crippen LogP contribution in [-0.2, 0) is 17.9 Å². The van der Waals surface area contributed by atoms with E-state index < -0.39 is 5.76 Å². The number of aryl methyl sites for hydroxylation is 1. The Bertz CT molecular complexity index is 1140. The summed E-state index contributed by atoms with van der Waals surface area (Å²) >= 11 is 0. The summed E-state index contributed by atoms with van der Waals surface area (Å²) in [4.78, 5) is 28.9. The normalized spacial score (nSPS) is 11.2. The third kappa shape index (κ3) is 2.59. The Morgan fingerprint density at radius 3 is 2.60 bits per heavy atom. The van der Waals surface area contributed by atoms with Gasteiger partial charge in [0.05, 0.1) is 16.6 Å². The van der Waals surface area contributed by atoms with E-state index in [0.717, 1.165) is 11.0 Å². The van der Waals surface area contributed by atoms with Gasteiger partial charge in [-0.15, -0.1) is 0 Å². The van der Waals surface area contributed by atoms with Gasteiger partial charge < -0.3 is 8.98 Å². The van der Waals surface area contributed by atoms with Crippen molar-refractivity contribution >= 4 is 34.0 Å². The smallest absolute Gasteiger partial charge is 0.408 e. The summed E-state index contributed by atoms with van der Waals surface area (Å²) in [6.45, 7) is 2.52. The van der Waals surface area contributed by atoms with Crippen molar-refractivity contribution in [1.82, 2.24) is 14.1 Å². The lowest BCUT2D eigenvalue weighted by molar-refractivity contribution is -0.116. The summed E-state index contributed by atoms with van der Waals surface area (Å²) < 4.78 is 8.38. The second kappa shape index (κ2) is 5.94. The number of nitrogens with one attached hydrogen (secondary N) is 1. The Balaban J connectivity index is 1.64. The van der Waals surface area contributed by atoms with Crippen molar-refractivity contribution in [1.29, 1.82) is 0 Å². The molecule has 0 bridgehead atoms. The van der Waals surface area contributed by atoms with Crippen LogP contribution in [0, 0.1) is 0 Å². The zero-order valence-electron chi connectivity index (χ0n) is 13.6. The molecule has 4 rings (SSSR count). The zero-order valence-corrected chi connectivity index (χ0v) is 13.6. The molecule has 2 aromatic heterocycles. The number of nitrogens with zero attached hydrogens (tertiary/aromatic N) is 3. The molecule has 126 valence electrons. The maximum absolute atomic E-state index is 12.5. The number of para-hydroxylation sites is 4. The third-order valence-electron chi connectivity index (χ3n) is 4.10. The van der Waals surface area contributed by atoms with E-state index in [1.54, 1.807) is 24.3 Å². The van der Waals surface area contributed by atoms with Crippen molar-refractivity contribution in [3.05, 3.63) is 59.1 Å². The lowest BCUT2D eigenvalue weighted by Crippen LogP contribution is -2.26. The van der Waals surface area contributed by atoms with Crippen molar-refractivity contribution in [2.45, 2.75) is 20.0 Å². The predicted molar refractivity (Wildman–Crippen MR) is 94.5 cm³/mol. The summed E-state index contributed by atoms with van der Waals surface area (Å²) in [6.07, 6.45) is 0. The van der Waals surface area contributed by atoms with Crippen molar-refractivity contribution in [3.8, 4) is 0 Å². The van der Waals surface area contributed by atoms with Crippen LogP contribution in [0.15, 0.2) is 57.7 Å². The number of aromatic nitrogens is 3. The summed E-state index contributed by atoms with van der Waals surface area (Å²) in [5.74, 6) is -0.423.